The fraction of sp³-hybridized carbons (Fsp3) is 0.571. The lowest BCUT2D eigenvalue weighted by molar-refractivity contribution is -0.150. The number of carboxylic acid groups (broad SMARTS) is 1. The van der Waals surface area contributed by atoms with Gasteiger partial charge in [0.05, 0.1) is 18.5 Å². The maximum absolute atomic E-state index is 12.4. The summed E-state index contributed by atoms with van der Waals surface area (Å²) in [5.74, 6) is -0.925. The number of thiophene rings is 1. The van der Waals surface area contributed by atoms with Crippen molar-refractivity contribution in [1.82, 2.24) is 9.80 Å². The number of likely N-dealkylation sites (tertiary alicyclic amines) is 2. The predicted molar refractivity (Wildman–Crippen MR) is 75.6 cm³/mol. The van der Waals surface area contributed by atoms with E-state index in [1.54, 1.807) is 11.3 Å². The van der Waals surface area contributed by atoms with E-state index in [0.29, 0.717) is 19.6 Å². The van der Waals surface area contributed by atoms with Crippen LogP contribution in [0.25, 0.3) is 0 Å². The van der Waals surface area contributed by atoms with Crippen LogP contribution < -0.4 is 0 Å². The maximum Gasteiger partial charge on any atom is 0.309 e. The second kappa shape index (κ2) is 5.54. The Morgan fingerprint density at radius 2 is 2.20 bits per heavy atom. The number of hydrogen-bond acceptors (Lipinski definition) is 4. The zero-order valence-electron chi connectivity index (χ0n) is 11.2. The average Bonchev–Trinajstić information content (AvgIpc) is 3.00. The van der Waals surface area contributed by atoms with Gasteiger partial charge in [0.2, 0.25) is 5.91 Å². The summed E-state index contributed by atoms with van der Waals surface area (Å²) in [6, 6.07) is 4.33. The Bertz CT molecular complexity index is 497. The molecule has 3 heterocycles. The van der Waals surface area contributed by atoms with Crippen molar-refractivity contribution in [3.05, 3.63) is 22.4 Å². The van der Waals surface area contributed by atoms with Gasteiger partial charge in [-0.25, -0.2) is 0 Å². The monoisotopic (exact) mass is 294 g/mol. The lowest BCUT2D eigenvalue weighted by atomic mass is 10.0. The van der Waals surface area contributed by atoms with E-state index >= 15 is 0 Å². The number of rotatable bonds is 4. The molecule has 0 radical (unpaired) electrons. The van der Waals surface area contributed by atoms with Crippen LogP contribution in [-0.4, -0.2) is 53.0 Å². The van der Waals surface area contributed by atoms with Crippen LogP contribution in [0.1, 0.15) is 23.8 Å². The minimum Gasteiger partial charge on any atom is -0.481 e. The van der Waals surface area contributed by atoms with Crippen LogP contribution in [0.2, 0.25) is 0 Å². The molecule has 0 aromatic carbocycles. The molecule has 1 N–H and O–H groups in total. The number of carboxylic acids is 1. The molecule has 1 unspecified atom stereocenters. The molecule has 2 aliphatic rings. The lowest BCUT2D eigenvalue weighted by Gasteiger charge is -2.37. The fourth-order valence-corrected chi connectivity index (χ4v) is 3.85. The molecule has 108 valence electrons. The van der Waals surface area contributed by atoms with E-state index in [1.807, 2.05) is 21.2 Å². The molecule has 0 saturated carbocycles. The predicted octanol–water partition coefficient (Wildman–Crippen LogP) is 1.43. The van der Waals surface area contributed by atoms with Gasteiger partial charge in [-0.05, 0) is 24.3 Å². The highest BCUT2D eigenvalue weighted by atomic mass is 32.1. The first-order valence-corrected chi connectivity index (χ1v) is 7.81. The van der Waals surface area contributed by atoms with Crippen LogP contribution in [0.4, 0.5) is 0 Å². The molecule has 2 aliphatic heterocycles. The van der Waals surface area contributed by atoms with E-state index < -0.39 is 5.97 Å². The van der Waals surface area contributed by atoms with Gasteiger partial charge in [-0.3, -0.25) is 14.5 Å². The first kappa shape index (κ1) is 13.6. The van der Waals surface area contributed by atoms with Crippen LogP contribution >= 0.6 is 11.3 Å². The fourth-order valence-electron chi connectivity index (χ4n) is 2.98. The summed E-state index contributed by atoms with van der Waals surface area (Å²) in [6.07, 6.45) is 2.08. The number of carbonyl (C=O) groups is 2. The Kier molecular flexibility index (Phi) is 3.76. The Balaban J connectivity index is 1.56. The van der Waals surface area contributed by atoms with Crippen molar-refractivity contribution in [3.63, 3.8) is 0 Å². The third-order valence-corrected chi connectivity index (χ3v) is 5.08. The van der Waals surface area contributed by atoms with Crippen LogP contribution in [0.5, 0.6) is 0 Å². The summed E-state index contributed by atoms with van der Waals surface area (Å²) in [5, 5.41) is 10.9. The molecule has 20 heavy (non-hydrogen) atoms. The smallest absolute Gasteiger partial charge is 0.309 e. The zero-order chi connectivity index (χ0) is 14.1. The Labute approximate surface area is 121 Å². The van der Waals surface area contributed by atoms with Crippen LogP contribution in [-0.2, 0) is 9.59 Å². The normalized spacial score (nSPS) is 23.8. The maximum atomic E-state index is 12.4. The summed E-state index contributed by atoms with van der Waals surface area (Å²) >= 11 is 1.70. The molecule has 1 aromatic rings. The topological polar surface area (TPSA) is 60.9 Å². The molecule has 5 nitrogen and oxygen atoms in total. The molecule has 2 fully saturated rings. The molecule has 1 atom stereocenters. The van der Waals surface area contributed by atoms with Crippen molar-refractivity contribution in [2.75, 3.05) is 26.2 Å². The average molecular weight is 294 g/mol. The molecule has 0 bridgehead atoms. The van der Waals surface area contributed by atoms with E-state index in [1.165, 1.54) is 4.88 Å². The molecular weight excluding hydrogens is 276 g/mol. The third kappa shape index (κ3) is 2.58. The standard InChI is InChI=1S/C14H18N2O3S/c17-13(9-15-7-10(8-15)14(18)19)16-5-1-3-11(16)12-4-2-6-20-12/h2,4,6,10-11H,1,3,5,7-9H2,(H,18,19). The Morgan fingerprint density at radius 1 is 1.40 bits per heavy atom. The van der Waals surface area contributed by atoms with E-state index in [0.717, 1.165) is 19.4 Å². The molecule has 1 aromatic heterocycles. The summed E-state index contributed by atoms with van der Waals surface area (Å²) < 4.78 is 0. The summed E-state index contributed by atoms with van der Waals surface area (Å²) in [7, 11) is 0. The number of nitrogens with zero attached hydrogens (tertiary/aromatic N) is 2. The van der Waals surface area contributed by atoms with Gasteiger partial charge in [0, 0.05) is 24.5 Å². The first-order valence-electron chi connectivity index (χ1n) is 6.93. The molecule has 6 heteroatoms. The number of hydrogen-bond donors (Lipinski definition) is 1. The molecule has 3 rings (SSSR count). The minimum atomic E-state index is -0.758. The quantitative estimate of drug-likeness (QED) is 0.912. The summed E-state index contributed by atoms with van der Waals surface area (Å²) in [5.41, 5.74) is 0. The lowest BCUT2D eigenvalue weighted by Crippen LogP contribution is -2.53. The van der Waals surface area contributed by atoms with Gasteiger partial charge in [-0.15, -0.1) is 11.3 Å². The number of aliphatic carboxylic acids is 1. The zero-order valence-corrected chi connectivity index (χ0v) is 12.0. The van der Waals surface area contributed by atoms with Gasteiger partial charge >= 0.3 is 5.97 Å². The van der Waals surface area contributed by atoms with Crippen molar-refractivity contribution in [1.29, 1.82) is 0 Å². The van der Waals surface area contributed by atoms with Gasteiger partial charge in [0.1, 0.15) is 0 Å². The molecule has 1 amide bonds. The summed E-state index contributed by atoms with van der Waals surface area (Å²) in [4.78, 5) is 28.3. The minimum absolute atomic E-state index is 0.129. The number of carbonyl (C=O) groups excluding carboxylic acids is 1. The van der Waals surface area contributed by atoms with E-state index in [9.17, 15) is 9.59 Å². The van der Waals surface area contributed by atoms with Crippen LogP contribution in [0.3, 0.4) is 0 Å². The highest BCUT2D eigenvalue weighted by Crippen LogP contribution is 2.34. The van der Waals surface area contributed by atoms with Gasteiger partial charge in [-0.2, -0.15) is 0 Å². The molecule has 0 spiro atoms. The molecule has 0 aliphatic carbocycles. The van der Waals surface area contributed by atoms with Gasteiger partial charge in [0.25, 0.3) is 0 Å². The van der Waals surface area contributed by atoms with E-state index in [-0.39, 0.29) is 17.9 Å². The molecule has 2 saturated heterocycles. The Hall–Kier alpha value is -1.40. The largest absolute Gasteiger partial charge is 0.481 e. The Morgan fingerprint density at radius 3 is 2.85 bits per heavy atom. The van der Waals surface area contributed by atoms with Crippen molar-refractivity contribution in [2.24, 2.45) is 5.92 Å². The van der Waals surface area contributed by atoms with Crippen LogP contribution in [0, 0.1) is 5.92 Å². The second-order valence-electron chi connectivity index (χ2n) is 5.49. The second-order valence-corrected chi connectivity index (χ2v) is 6.47. The van der Waals surface area contributed by atoms with E-state index in [2.05, 4.69) is 6.07 Å². The van der Waals surface area contributed by atoms with Crippen molar-refractivity contribution < 1.29 is 14.7 Å². The highest BCUT2D eigenvalue weighted by molar-refractivity contribution is 7.10. The van der Waals surface area contributed by atoms with Crippen molar-refractivity contribution in [3.8, 4) is 0 Å². The molecular formula is C14H18N2O3S. The van der Waals surface area contributed by atoms with Gasteiger partial charge in [-0.1, -0.05) is 6.07 Å². The van der Waals surface area contributed by atoms with Gasteiger partial charge in [0.15, 0.2) is 0 Å². The van der Waals surface area contributed by atoms with Crippen LogP contribution in [0.15, 0.2) is 17.5 Å². The third-order valence-electron chi connectivity index (χ3n) is 4.11. The van der Waals surface area contributed by atoms with Gasteiger partial charge < -0.3 is 10.0 Å². The SMILES string of the molecule is O=C(O)C1CN(CC(=O)N2CCCC2c2cccs2)C1. The van der Waals surface area contributed by atoms with E-state index in [4.69, 9.17) is 5.11 Å². The van der Waals surface area contributed by atoms with Crippen molar-refractivity contribution >= 4 is 23.2 Å². The summed E-state index contributed by atoms with van der Waals surface area (Å²) in [6.45, 7) is 2.17. The van der Waals surface area contributed by atoms with Crippen molar-refractivity contribution in [2.45, 2.75) is 18.9 Å². The first-order chi connectivity index (χ1) is 9.65. The number of amides is 1. The highest BCUT2D eigenvalue weighted by Gasteiger charge is 2.36.